The maximum Gasteiger partial charge on any atom is 0.214 e. The van der Waals surface area contributed by atoms with Crippen LogP contribution in [0.1, 0.15) is 5.56 Å². The van der Waals surface area contributed by atoms with Crippen LogP contribution in [-0.4, -0.2) is 49.3 Å². The van der Waals surface area contributed by atoms with E-state index in [4.69, 9.17) is 22.7 Å². The summed E-state index contributed by atoms with van der Waals surface area (Å²) < 4.78 is 31.4. The van der Waals surface area contributed by atoms with Gasteiger partial charge in [0.15, 0.2) is 0 Å². The number of ether oxygens (including phenoxy) is 1. The van der Waals surface area contributed by atoms with Crippen LogP contribution in [0.15, 0.2) is 30.3 Å². The second kappa shape index (κ2) is 6.62. The molecule has 20 heavy (non-hydrogen) atoms. The molecule has 7 heteroatoms. The van der Waals surface area contributed by atoms with Gasteiger partial charge >= 0.3 is 0 Å². The zero-order valence-corrected chi connectivity index (χ0v) is 12.7. The molecule has 0 bridgehead atoms. The van der Waals surface area contributed by atoms with Crippen LogP contribution < -0.4 is 5.73 Å². The molecule has 1 aliphatic heterocycles. The van der Waals surface area contributed by atoms with Crippen LogP contribution in [0.5, 0.6) is 0 Å². The van der Waals surface area contributed by atoms with Gasteiger partial charge in [-0.2, -0.15) is 4.31 Å². The minimum absolute atomic E-state index is 0.0844. The number of nitrogens with zero attached hydrogens (tertiary/aromatic N) is 1. The molecule has 1 unspecified atom stereocenters. The second-order valence-corrected chi connectivity index (χ2v) is 7.23. The molecule has 1 aromatic rings. The molecule has 1 aliphatic rings. The van der Waals surface area contributed by atoms with Crippen molar-refractivity contribution in [2.45, 2.75) is 12.5 Å². The Balaban J connectivity index is 1.97. The summed E-state index contributed by atoms with van der Waals surface area (Å²) in [5.41, 5.74) is 6.53. The fraction of sp³-hybridized carbons (Fsp3) is 0.462. The Labute approximate surface area is 124 Å². The average Bonchev–Trinajstić information content (AvgIpc) is 2.46. The van der Waals surface area contributed by atoms with Gasteiger partial charge in [-0.15, -0.1) is 0 Å². The fourth-order valence-electron chi connectivity index (χ4n) is 2.07. The summed E-state index contributed by atoms with van der Waals surface area (Å²) in [5.74, 6) is 0.0844. The van der Waals surface area contributed by atoms with Crippen LogP contribution in [0.4, 0.5) is 0 Å². The molecule has 1 fully saturated rings. The number of hydrogen-bond donors (Lipinski definition) is 1. The molecule has 2 N–H and O–H groups in total. The topological polar surface area (TPSA) is 72.6 Å². The lowest BCUT2D eigenvalue weighted by molar-refractivity contribution is 0.0386. The lowest BCUT2D eigenvalue weighted by Gasteiger charge is -2.31. The van der Waals surface area contributed by atoms with E-state index in [0.29, 0.717) is 19.6 Å². The Morgan fingerprint density at radius 1 is 1.40 bits per heavy atom. The van der Waals surface area contributed by atoms with E-state index in [9.17, 15) is 8.42 Å². The Kier molecular flexibility index (Phi) is 5.09. The predicted molar refractivity (Wildman–Crippen MR) is 82.0 cm³/mol. The molecule has 0 saturated carbocycles. The highest BCUT2D eigenvalue weighted by atomic mass is 32.2. The van der Waals surface area contributed by atoms with E-state index < -0.39 is 16.1 Å². The lowest BCUT2D eigenvalue weighted by atomic mass is 10.2. The van der Waals surface area contributed by atoms with Gasteiger partial charge in [0.05, 0.1) is 12.4 Å². The van der Waals surface area contributed by atoms with Crippen molar-refractivity contribution in [3.8, 4) is 0 Å². The minimum atomic E-state index is -3.31. The number of thiocarbonyl (C=S) groups is 1. The second-order valence-electron chi connectivity index (χ2n) is 4.67. The highest BCUT2D eigenvalue weighted by Gasteiger charge is 2.30. The third-order valence-corrected chi connectivity index (χ3v) is 5.33. The van der Waals surface area contributed by atoms with Crippen molar-refractivity contribution >= 4 is 27.2 Å². The largest absolute Gasteiger partial charge is 0.391 e. The third-order valence-electron chi connectivity index (χ3n) is 3.23. The zero-order valence-electron chi connectivity index (χ0n) is 11.1. The van der Waals surface area contributed by atoms with E-state index in [1.54, 1.807) is 0 Å². The van der Waals surface area contributed by atoms with Crippen molar-refractivity contribution in [2.24, 2.45) is 5.73 Å². The first-order valence-electron chi connectivity index (χ1n) is 6.42. The Bertz CT molecular complexity index is 560. The van der Waals surface area contributed by atoms with E-state index >= 15 is 0 Å². The summed E-state index contributed by atoms with van der Waals surface area (Å²) in [7, 11) is -3.31. The first kappa shape index (κ1) is 15.4. The smallest absolute Gasteiger partial charge is 0.214 e. The third kappa shape index (κ3) is 3.99. The van der Waals surface area contributed by atoms with Gasteiger partial charge in [0.25, 0.3) is 0 Å². The molecule has 0 amide bonds. The maximum absolute atomic E-state index is 12.3. The molecule has 5 nitrogen and oxygen atoms in total. The summed E-state index contributed by atoms with van der Waals surface area (Å²) in [5, 5.41) is 0. The maximum atomic E-state index is 12.3. The van der Waals surface area contributed by atoms with Gasteiger partial charge in [0.2, 0.25) is 10.0 Å². The molecule has 2 rings (SSSR count). The number of nitrogens with two attached hydrogens (primary N) is 1. The van der Waals surface area contributed by atoms with Crippen LogP contribution in [0, 0.1) is 0 Å². The molecular formula is C13H18N2O3S2. The van der Waals surface area contributed by atoms with Crippen molar-refractivity contribution in [1.29, 1.82) is 0 Å². The van der Waals surface area contributed by atoms with Crippen molar-refractivity contribution in [2.75, 3.05) is 25.4 Å². The van der Waals surface area contributed by atoms with Crippen molar-refractivity contribution in [3.05, 3.63) is 35.9 Å². The molecule has 1 atom stereocenters. The van der Waals surface area contributed by atoms with Crippen molar-refractivity contribution in [1.82, 2.24) is 4.31 Å². The van der Waals surface area contributed by atoms with Crippen molar-refractivity contribution in [3.63, 3.8) is 0 Å². The molecule has 0 aliphatic carbocycles. The zero-order chi connectivity index (χ0) is 14.6. The Hall–Kier alpha value is -1.02. The number of sulfonamides is 1. The van der Waals surface area contributed by atoms with Gasteiger partial charge < -0.3 is 10.5 Å². The molecule has 1 heterocycles. The molecule has 1 saturated heterocycles. The van der Waals surface area contributed by atoms with Gasteiger partial charge in [-0.25, -0.2) is 8.42 Å². The number of morpholine rings is 1. The molecule has 0 radical (unpaired) electrons. The van der Waals surface area contributed by atoms with Crippen molar-refractivity contribution < 1.29 is 13.2 Å². The van der Waals surface area contributed by atoms with Gasteiger partial charge in [-0.3, -0.25) is 0 Å². The summed E-state index contributed by atoms with van der Waals surface area (Å²) in [6, 6.07) is 9.56. The predicted octanol–water partition coefficient (Wildman–Crippen LogP) is 0.546. The van der Waals surface area contributed by atoms with E-state index in [0.717, 1.165) is 5.56 Å². The fourth-order valence-corrected chi connectivity index (χ4v) is 3.68. The molecule has 110 valence electrons. The molecule has 0 spiro atoms. The summed E-state index contributed by atoms with van der Waals surface area (Å²) >= 11 is 4.86. The summed E-state index contributed by atoms with van der Waals surface area (Å²) in [6.07, 6.45) is 0.0170. The van der Waals surface area contributed by atoms with E-state index in [2.05, 4.69) is 0 Å². The van der Waals surface area contributed by atoms with Crippen LogP contribution in [0.2, 0.25) is 0 Å². The Morgan fingerprint density at radius 2 is 2.10 bits per heavy atom. The van der Waals surface area contributed by atoms with Gasteiger partial charge in [-0.05, 0) is 12.0 Å². The van der Waals surface area contributed by atoms with Crippen LogP contribution in [0.25, 0.3) is 0 Å². The first-order valence-corrected chi connectivity index (χ1v) is 8.43. The van der Waals surface area contributed by atoms with Crippen LogP contribution >= 0.6 is 12.2 Å². The first-order chi connectivity index (χ1) is 9.49. The summed E-state index contributed by atoms with van der Waals surface area (Å²) in [6.45, 7) is 0.898. The molecule has 1 aromatic carbocycles. The van der Waals surface area contributed by atoms with Gasteiger partial charge in [0.1, 0.15) is 11.1 Å². The number of aryl methyl sites for hydroxylation is 1. The monoisotopic (exact) mass is 314 g/mol. The van der Waals surface area contributed by atoms with E-state index in [1.807, 2.05) is 30.3 Å². The lowest BCUT2D eigenvalue weighted by Crippen LogP contribution is -2.50. The Morgan fingerprint density at radius 3 is 2.75 bits per heavy atom. The number of hydrogen-bond acceptors (Lipinski definition) is 4. The quantitative estimate of drug-likeness (QED) is 0.803. The molecular weight excluding hydrogens is 296 g/mol. The number of benzene rings is 1. The highest BCUT2D eigenvalue weighted by molar-refractivity contribution is 7.89. The summed E-state index contributed by atoms with van der Waals surface area (Å²) in [4.78, 5) is 0.202. The van der Waals surface area contributed by atoms with Gasteiger partial charge in [0, 0.05) is 13.1 Å². The average molecular weight is 314 g/mol. The normalized spacial score (nSPS) is 20.7. The van der Waals surface area contributed by atoms with Crippen LogP contribution in [0.3, 0.4) is 0 Å². The molecule has 0 aromatic heterocycles. The van der Waals surface area contributed by atoms with E-state index in [-0.39, 0.29) is 17.3 Å². The standard InChI is InChI=1S/C13H18N2O3S2/c14-13(19)12-10-15(7-8-18-12)20(16,17)9-6-11-4-2-1-3-5-11/h1-5,12H,6-10H2,(H2,14,19). The van der Waals surface area contributed by atoms with Gasteiger partial charge in [-0.1, -0.05) is 42.5 Å². The van der Waals surface area contributed by atoms with E-state index in [1.165, 1.54) is 4.31 Å². The highest BCUT2D eigenvalue weighted by Crippen LogP contribution is 2.12. The SMILES string of the molecule is NC(=S)C1CN(S(=O)(=O)CCc2ccccc2)CCO1. The van der Waals surface area contributed by atoms with Crippen LogP contribution in [-0.2, 0) is 21.2 Å². The number of rotatable bonds is 5. The minimum Gasteiger partial charge on any atom is -0.391 e.